The molecule has 0 saturated heterocycles. The minimum absolute atomic E-state index is 0.289. The van der Waals surface area contributed by atoms with E-state index in [1.807, 2.05) is 0 Å². The van der Waals surface area contributed by atoms with Crippen LogP contribution < -0.4 is 0 Å². The maximum atomic E-state index is 11.1. The molecule has 0 radical (unpaired) electrons. The van der Waals surface area contributed by atoms with Crippen LogP contribution in [0.15, 0.2) is 0 Å². The molecule has 0 spiro atoms. The summed E-state index contributed by atoms with van der Waals surface area (Å²) in [4.78, 5) is 11.1. The van der Waals surface area contributed by atoms with Gasteiger partial charge in [-0.25, -0.2) is 0 Å². The molecule has 3 heteroatoms. The topological polar surface area (TPSA) is 26.3 Å². The number of Topliss-reactive ketones (excluding diaryl/α,β-unsaturated/α-hetero) is 1. The van der Waals surface area contributed by atoms with E-state index in [2.05, 4.69) is 33.9 Å². The standard InChI is InChI=1S/C13H26O2Si/c1-13(2,3)16(4,5)15-10-11-6-8-12(14)9-7-11/h11H,6-10H2,1-5H3. The lowest BCUT2D eigenvalue weighted by atomic mass is 9.89. The Balaban J connectivity index is 2.37. The van der Waals surface area contributed by atoms with E-state index >= 15 is 0 Å². The van der Waals surface area contributed by atoms with Crippen molar-refractivity contribution >= 4 is 14.1 Å². The third-order valence-corrected chi connectivity index (χ3v) is 8.65. The summed E-state index contributed by atoms with van der Waals surface area (Å²) < 4.78 is 6.20. The second-order valence-corrected chi connectivity index (χ2v) is 11.4. The first-order valence-electron chi connectivity index (χ1n) is 6.38. The van der Waals surface area contributed by atoms with Gasteiger partial charge >= 0.3 is 0 Å². The Bertz CT molecular complexity index is 243. The molecule has 1 aliphatic carbocycles. The Morgan fingerprint density at radius 2 is 1.75 bits per heavy atom. The van der Waals surface area contributed by atoms with Gasteiger partial charge in [0.25, 0.3) is 0 Å². The first kappa shape index (κ1) is 13.9. The number of carbonyl (C=O) groups excluding carboxylic acids is 1. The van der Waals surface area contributed by atoms with Crippen molar-refractivity contribution in [3.05, 3.63) is 0 Å². The molecule has 0 bridgehead atoms. The summed E-state index contributed by atoms with van der Waals surface area (Å²) in [7, 11) is -1.59. The lowest BCUT2D eigenvalue weighted by Crippen LogP contribution is -2.42. The van der Waals surface area contributed by atoms with E-state index < -0.39 is 8.32 Å². The molecule has 0 aliphatic heterocycles. The third-order valence-electron chi connectivity index (χ3n) is 4.15. The molecule has 94 valence electrons. The Labute approximate surface area is 101 Å². The van der Waals surface area contributed by atoms with Gasteiger partial charge in [0.1, 0.15) is 5.78 Å². The summed E-state index contributed by atoms with van der Waals surface area (Å²) >= 11 is 0. The fraction of sp³-hybridized carbons (Fsp3) is 0.923. The normalized spacial score (nSPS) is 20.2. The minimum atomic E-state index is -1.59. The minimum Gasteiger partial charge on any atom is -0.417 e. The molecule has 0 aromatic heterocycles. The van der Waals surface area contributed by atoms with Crippen molar-refractivity contribution in [3.8, 4) is 0 Å². The SMILES string of the molecule is CC(C)(C)[Si](C)(C)OCC1CCC(=O)CC1. The summed E-state index contributed by atoms with van der Waals surface area (Å²) in [5.74, 6) is 1.05. The molecule has 1 rings (SSSR count). The van der Waals surface area contributed by atoms with E-state index in [4.69, 9.17) is 4.43 Å². The van der Waals surface area contributed by atoms with Gasteiger partial charge in [-0.1, -0.05) is 20.8 Å². The number of ketones is 1. The third kappa shape index (κ3) is 3.70. The van der Waals surface area contributed by atoms with Gasteiger partial charge in [0.05, 0.1) is 0 Å². The quantitative estimate of drug-likeness (QED) is 0.704. The maximum Gasteiger partial charge on any atom is 0.191 e. The second kappa shape index (κ2) is 5.01. The monoisotopic (exact) mass is 242 g/mol. The lowest BCUT2D eigenvalue weighted by Gasteiger charge is -2.37. The molecule has 0 aromatic rings. The molecular weight excluding hydrogens is 216 g/mol. The van der Waals surface area contributed by atoms with Gasteiger partial charge in [-0.3, -0.25) is 4.79 Å². The van der Waals surface area contributed by atoms with Crippen molar-refractivity contribution in [2.24, 2.45) is 5.92 Å². The van der Waals surface area contributed by atoms with Crippen molar-refractivity contribution in [2.75, 3.05) is 6.61 Å². The van der Waals surface area contributed by atoms with Crippen LogP contribution in [0.2, 0.25) is 18.1 Å². The summed E-state index contributed by atoms with van der Waals surface area (Å²) in [6.07, 6.45) is 3.61. The average molecular weight is 242 g/mol. The van der Waals surface area contributed by atoms with Crippen LogP contribution in [0.4, 0.5) is 0 Å². The highest BCUT2D eigenvalue weighted by Gasteiger charge is 2.37. The average Bonchev–Trinajstić information content (AvgIpc) is 2.15. The largest absolute Gasteiger partial charge is 0.417 e. The van der Waals surface area contributed by atoms with Crippen LogP contribution >= 0.6 is 0 Å². The molecule has 0 atom stereocenters. The van der Waals surface area contributed by atoms with Gasteiger partial charge in [-0.05, 0) is 36.9 Å². The van der Waals surface area contributed by atoms with Crippen LogP contribution in [0.25, 0.3) is 0 Å². The predicted octanol–water partition coefficient (Wildman–Crippen LogP) is 3.77. The Morgan fingerprint density at radius 3 is 2.19 bits per heavy atom. The zero-order chi connectivity index (χ0) is 12.4. The van der Waals surface area contributed by atoms with Gasteiger partial charge in [-0.15, -0.1) is 0 Å². The van der Waals surface area contributed by atoms with Crippen LogP contribution in [-0.2, 0) is 9.22 Å². The fourth-order valence-corrected chi connectivity index (χ4v) is 2.79. The summed E-state index contributed by atoms with van der Waals surface area (Å²) in [5.41, 5.74) is 0. The van der Waals surface area contributed by atoms with Crippen LogP contribution in [-0.4, -0.2) is 20.7 Å². The Hall–Kier alpha value is -0.153. The Morgan fingerprint density at radius 1 is 1.25 bits per heavy atom. The van der Waals surface area contributed by atoms with Gasteiger partial charge in [-0.2, -0.15) is 0 Å². The van der Waals surface area contributed by atoms with E-state index in [9.17, 15) is 4.79 Å². The molecular formula is C13H26O2Si. The van der Waals surface area contributed by atoms with Gasteiger partial charge in [0.15, 0.2) is 8.32 Å². The van der Waals surface area contributed by atoms with E-state index in [0.29, 0.717) is 11.7 Å². The number of rotatable bonds is 3. The highest BCUT2D eigenvalue weighted by atomic mass is 28.4. The van der Waals surface area contributed by atoms with Crippen LogP contribution in [0.5, 0.6) is 0 Å². The number of hydrogen-bond acceptors (Lipinski definition) is 2. The van der Waals surface area contributed by atoms with Gasteiger partial charge in [0, 0.05) is 19.4 Å². The van der Waals surface area contributed by atoms with Crippen molar-refractivity contribution in [1.29, 1.82) is 0 Å². The van der Waals surface area contributed by atoms with Crippen LogP contribution in [0, 0.1) is 5.92 Å². The summed E-state index contributed by atoms with van der Waals surface area (Å²) in [6.45, 7) is 12.3. The molecule has 0 amide bonds. The van der Waals surface area contributed by atoms with E-state index in [-0.39, 0.29) is 5.04 Å². The van der Waals surface area contributed by atoms with Crippen LogP contribution in [0.1, 0.15) is 46.5 Å². The lowest BCUT2D eigenvalue weighted by molar-refractivity contribution is -0.121. The van der Waals surface area contributed by atoms with E-state index in [1.54, 1.807) is 0 Å². The molecule has 0 unspecified atom stereocenters. The molecule has 1 aliphatic rings. The van der Waals surface area contributed by atoms with Crippen molar-refractivity contribution in [1.82, 2.24) is 0 Å². The van der Waals surface area contributed by atoms with Gasteiger partial charge in [0.2, 0.25) is 0 Å². The maximum absolute atomic E-state index is 11.1. The van der Waals surface area contributed by atoms with E-state index in [1.165, 1.54) is 0 Å². The molecule has 0 N–H and O–H groups in total. The fourth-order valence-electron chi connectivity index (χ4n) is 1.71. The Kier molecular flexibility index (Phi) is 4.35. The molecule has 1 saturated carbocycles. The summed E-state index contributed by atoms with van der Waals surface area (Å²) in [5, 5.41) is 0.289. The highest BCUT2D eigenvalue weighted by Crippen LogP contribution is 2.37. The second-order valence-electron chi connectivity index (χ2n) is 6.55. The van der Waals surface area contributed by atoms with Crippen molar-refractivity contribution < 1.29 is 9.22 Å². The number of carbonyl (C=O) groups is 1. The molecule has 16 heavy (non-hydrogen) atoms. The van der Waals surface area contributed by atoms with Crippen molar-refractivity contribution in [2.45, 2.75) is 64.6 Å². The zero-order valence-corrected chi connectivity index (χ0v) is 12.4. The van der Waals surface area contributed by atoms with Crippen molar-refractivity contribution in [3.63, 3.8) is 0 Å². The molecule has 0 aromatic carbocycles. The summed E-state index contributed by atoms with van der Waals surface area (Å²) in [6, 6.07) is 0. The number of hydrogen-bond donors (Lipinski definition) is 0. The first-order chi connectivity index (χ1) is 7.22. The molecule has 1 fully saturated rings. The first-order valence-corrected chi connectivity index (χ1v) is 9.29. The van der Waals surface area contributed by atoms with E-state index in [0.717, 1.165) is 32.3 Å². The zero-order valence-electron chi connectivity index (χ0n) is 11.4. The predicted molar refractivity (Wildman–Crippen MR) is 70.1 cm³/mol. The van der Waals surface area contributed by atoms with Gasteiger partial charge < -0.3 is 4.43 Å². The highest BCUT2D eigenvalue weighted by molar-refractivity contribution is 6.74. The van der Waals surface area contributed by atoms with Crippen LogP contribution in [0.3, 0.4) is 0 Å². The molecule has 2 nitrogen and oxygen atoms in total. The molecule has 0 heterocycles. The smallest absolute Gasteiger partial charge is 0.191 e.